The minimum absolute atomic E-state index is 0.198. The van der Waals surface area contributed by atoms with Crippen LogP contribution in [0.4, 0.5) is 0 Å². The lowest BCUT2D eigenvalue weighted by Crippen LogP contribution is -2.34. The quantitative estimate of drug-likeness (QED) is 0.512. The topological polar surface area (TPSA) is 80.9 Å². The molecule has 4 heteroatoms. The average molecular weight is 198 g/mol. The van der Waals surface area contributed by atoms with E-state index in [1.807, 2.05) is 0 Å². The Morgan fingerprint density at radius 1 is 1.21 bits per heavy atom. The zero-order valence-electron chi connectivity index (χ0n) is 7.88. The third-order valence-electron chi connectivity index (χ3n) is 2.27. The summed E-state index contributed by atoms with van der Waals surface area (Å²) in [6, 6.07) is 6.73. The molecule has 1 unspecified atom stereocenters. The van der Waals surface area contributed by atoms with Gasteiger partial charge in [-0.3, -0.25) is 0 Å². The summed E-state index contributed by atoms with van der Waals surface area (Å²) in [4.78, 5) is 0. The monoisotopic (exact) mass is 198 g/mol. The number of aliphatic hydroxyl groups excluding tert-OH is 1. The molecule has 0 spiro atoms. The molecule has 1 aromatic carbocycles. The molecule has 0 amide bonds. The number of hydrogen-bond acceptors (Lipinski definition) is 4. The van der Waals surface area contributed by atoms with Gasteiger partial charge in [-0.2, -0.15) is 0 Å². The van der Waals surface area contributed by atoms with Gasteiger partial charge in [0.2, 0.25) is 0 Å². The molecule has 0 aliphatic rings. The molecule has 0 fully saturated rings. The molecule has 78 valence electrons. The Morgan fingerprint density at radius 2 is 1.79 bits per heavy atom. The molecule has 4 N–H and O–H groups in total. The minimum atomic E-state index is -2.76. The van der Waals surface area contributed by atoms with Crippen LogP contribution in [0.15, 0.2) is 24.3 Å². The standard InChI is InChI=1S/C10H14O4/c1-7(10(12,13)14)9-5-3-2-4-8(9)6-11/h2-5,7,11-14H,6H2,1H3. The van der Waals surface area contributed by atoms with Crippen molar-refractivity contribution in [1.29, 1.82) is 0 Å². The molecule has 1 aromatic rings. The first-order valence-electron chi connectivity index (χ1n) is 4.32. The molecule has 0 saturated carbocycles. The smallest absolute Gasteiger partial charge is 0.282 e. The fourth-order valence-electron chi connectivity index (χ4n) is 1.31. The highest BCUT2D eigenvalue weighted by molar-refractivity contribution is 5.30. The summed E-state index contributed by atoms with van der Waals surface area (Å²) >= 11 is 0. The summed E-state index contributed by atoms with van der Waals surface area (Å²) in [6.45, 7) is 1.27. The van der Waals surface area contributed by atoms with Gasteiger partial charge in [-0.15, -0.1) is 0 Å². The van der Waals surface area contributed by atoms with Crippen molar-refractivity contribution in [3.05, 3.63) is 35.4 Å². The lowest BCUT2D eigenvalue weighted by atomic mass is 9.94. The van der Waals surface area contributed by atoms with Crippen LogP contribution in [0.25, 0.3) is 0 Å². The number of benzene rings is 1. The Balaban J connectivity index is 3.06. The fourth-order valence-corrected chi connectivity index (χ4v) is 1.31. The van der Waals surface area contributed by atoms with Crippen molar-refractivity contribution in [2.75, 3.05) is 0 Å². The van der Waals surface area contributed by atoms with Crippen LogP contribution in [0.5, 0.6) is 0 Å². The van der Waals surface area contributed by atoms with Crippen LogP contribution < -0.4 is 0 Å². The summed E-state index contributed by atoms with van der Waals surface area (Å²) in [5.41, 5.74) is 1.09. The summed E-state index contributed by atoms with van der Waals surface area (Å²) < 4.78 is 0. The minimum Gasteiger partial charge on any atom is -0.392 e. The molecule has 0 aliphatic heterocycles. The van der Waals surface area contributed by atoms with E-state index in [0.29, 0.717) is 11.1 Å². The number of aliphatic hydroxyl groups is 4. The maximum Gasteiger partial charge on any atom is 0.282 e. The predicted octanol–water partition coefficient (Wildman–Crippen LogP) is -0.0869. The number of hydrogen-bond donors (Lipinski definition) is 4. The van der Waals surface area contributed by atoms with Gasteiger partial charge in [0.05, 0.1) is 12.5 Å². The van der Waals surface area contributed by atoms with Crippen molar-refractivity contribution >= 4 is 0 Å². The molecule has 0 aliphatic carbocycles. The van der Waals surface area contributed by atoms with Gasteiger partial charge in [0.25, 0.3) is 5.97 Å². The molecular weight excluding hydrogens is 184 g/mol. The summed E-state index contributed by atoms with van der Waals surface area (Å²) in [7, 11) is 0. The van der Waals surface area contributed by atoms with Crippen LogP contribution in [-0.2, 0) is 6.61 Å². The average Bonchev–Trinajstić information content (AvgIpc) is 2.15. The molecule has 14 heavy (non-hydrogen) atoms. The van der Waals surface area contributed by atoms with Crippen LogP contribution in [0.1, 0.15) is 24.0 Å². The van der Waals surface area contributed by atoms with Gasteiger partial charge in [0.1, 0.15) is 0 Å². The van der Waals surface area contributed by atoms with Crippen molar-refractivity contribution in [2.24, 2.45) is 0 Å². The lowest BCUT2D eigenvalue weighted by molar-refractivity contribution is -0.323. The summed E-state index contributed by atoms with van der Waals surface area (Å²) in [6.07, 6.45) is 0. The van der Waals surface area contributed by atoms with Crippen molar-refractivity contribution in [2.45, 2.75) is 25.4 Å². The second kappa shape index (κ2) is 4.06. The van der Waals surface area contributed by atoms with Gasteiger partial charge >= 0.3 is 0 Å². The maximum atomic E-state index is 8.99. The van der Waals surface area contributed by atoms with E-state index in [2.05, 4.69) is 0 Å². The van der Waals surface area contributed by atoms with Crippen LogP contribution in [-0.4, -0.2) is 26.4 Å². The van der Waals surface area contributed by atoms with E-state index in [-0.39, 0.29) is 6.61 Å². The fraction of sp³-hybridized carbons (Fsp3) is 0.400. The van der Waals surface area contributed by atoms with Crippen molar-refractivity contribution in [1.82, 2.24) is 0 Å². The summed E-state index contributed by atoms with van der Waals surface area (Å²) in [5, 5.41) is 36.0. The van der Waals surface area contributed by atoms with E-state index in [1.54, 1.807) is 24.3 Å². The van der Waals surface area contributed by atoms with Gasteiger partial charge in [-0.05, 0) is 11.1 Å². The molecule has 0 aromatic heterocycles. The second-order valence-electron chi connectivity index (χ2n) is 3.27. The van der Waals surface area contributed by atoms with Crippen molar-refractivity contribution in [3.63, 3.8) is 0 Å². The normalized spacial score (nSPS) is 14.1. The first-order valence-corrected chi connectivity index (χ1v) is 4.32. The van der Waals surface area contributed by atoms with Gasteiger partial charge in [0, 0.05) is 0 Å². The highest BCUT2D eigenvalue weighted by Gasteiger charge is 2.30. The van der Waals surface area contributed by atoms with Gasteiger partial charge in [-0.1, -0.05) is 31.2 Å². The highest BCUT2D eigenvalue weighted by Crippen LogP contribution is 2.26. The molecule has 0 heterocycles. The Labute approximate surface area is 82.1 Å². The van der Waals surface area contributed by atoms with Crippen LogP contribution in [0.2, 0.25) is 0 Å². The highest BCUT2D eigenvalue weighted by atomic mass is 16.7. The van der Waals surface area contributed by atoms with Crippen LogP contribution >= 0.6 is 0 Å². The first kappa shape index (κ1) is 11.1. The molecule has 1 rings (SSSR count). The van der Waals surface area contributed by atoms with Gasteiger partial charge < -0.3 is 20.4 Å². The third kappa shape index (κ3) is 2.30. The van der Waals surface area contributed by atoms with E-state index in [4.69, 9.17) is 20.4 Å². The zero-order valence-corrected chi connectivity index (χ0v) is 7.88. The van der Waals surface area contributed by atoms with Gasteiger partial charge in [-0.25, -0.2) is 0 Å². The van der Waals surface area contributed by atoms with E-state index in [0.717, 1.165) is 0 Å². The van der Waals surface area contributed by atoms with E-state index in [1.165, 1.54) is 6.92 Å². The SMILES string of the molecule is CC(c1ccccc1CO)C(O)(O)O. The molecule has 0 radical (unpaired) electrons. The largest absolute Gasteiger partial charge is 0.392 e. The van der Waals surface area contributed by atoms with E-state index >= 15 is 0 Å². The molecule has 1 atom stereocenters. The third-order valence-corrected chi connectivity index (χ3v) is 2.27. The van der Waals surface area contributed by atoms with E-state index in [9.17, 15) is 0 Å². The van der Waals surface area contributed by atoms with Crippen LogP contribution in [0, 0.1) is 0 Å². The Kier molecular flexibility index (Phi) is 3.23. The molecule has 4 nitrogen and oxygen atoms in total. The van der Waals surface area contributed by atoms with E-state index < -0.39 is 11.9 Å². The summed E-state index contributed by atoms with van der Waals surface area (Å²) in [5.74, 6) is -3.63. The van der Waals surface area contributed by atoms with Crippen molar-refractivity contribution in [3.8, 4) is 0 Å². The predicted molar refractivity (Wildman–Crippen MR) is 50.2 cm³/mol. The molecule has 0 saturated heterocycles. The zero-order chi connectivity index (χ0) is 10.8. The number of rotatable bonds is 3. The van der Waals surface area contributed by atoms with Crippen LogP contribution in [0.3, 0.4) is 0 Å². The Morgan fingerprint density at radius 3 is 2.29 bits per heavy atom. The lowest BCUT2D eigenvalue weighted by Gasteiger charge is -2.24. The maximum absolute atomic E-state index is 8.99. The Hall–Kier alpha value is -0.940. The van der Waals surface area contributed by atoms with Crippen molar-refractivity contribution < 1.29 is 20.4 Å². The molecular formula is C10H14O4. The Bertz CT molecular complexity index is 303. The second-order valence-corrected chi connectivity index (χ2v) is 3.27. The molecule has 0 bridgehead atoms. The first-order chi connectivity index (χ1) is 6.46. The van der Waals surface area contributed by atoms with Gasteiger partial charge in [0.15, 0.2) is 0 Å².